The van der Waals surface area contributed by atoms with Crippen molar-refractivity contribution in [2.24, 2.45) is 0 Å². The molecular weight excluding hydrogens is 448 g/mol. The highest BCUT2D eigenvalue weighted by molar-refractivity contribution is 7.18. The minimum atomic E-state index is -0.699. The predicted octanol–water partition coefficient (Wildman–Crippen LogP) is 5.24. The normalized spacial score (nSPS) is 11.6. The summed E-state index contributed by atoms with van der Waals surface area (Å²) in [6.45, 7) is 2.16. The Labute approximate surface area is 205 Å². The van der Waals surface area contributed by atoms with Crippen molar-refractivity contribution in [1.29, 1.82) is 0 Å². The first-order valence-electron chi connectivity index (χ1n) is 11.7. The summed E-state index contributed by atoms with van der Waals surface area (Å²) in [4.78, 5) is 25.7. The zero-order valence-electron chi connectivity index (χ0n) is 19.8. The van der Waals surface area contributed by atoms with Gasteiger partial charge in [0.15, 0.2) is 0 Å². The molecule has 0 unspecified atom stereocenters. The van der Waals surface area contributed by atoms with Crippen LogP contribution in [0, 0.1) is 0 Å². The number of hydrogen-bond acceptors (Lipinski definition) is 6. The van der Waals surface area contributed by atoms with Crippen LogP contribution in [0.5, 0.6) is 5.75 Å². The molecule has 2 aromatic carbocycles. The van der Waals surface area contributed by atoms with Crippen LogP contribution in [0.3, 0.4) is 0 Å². The van der Waals surface area contributed by atoms with Gasteiger partial charge >= 0.3 is 0 Å². The molecule has 0 aliphatic rings. The summed E-state index contributed by atoms with van der Waals surface area (Å²) < 4.78 is 5.27. The third-order valence-corrected chi connectivity index (χ3v) is 6.30. The highest BCUT2D eigenvalue weighted by Crippen LogP contribution is 2.28. The van der Waals surface area contributed by atoms with Crippen LogP contribution in [0.15, 0.2) is 54.6 Å². The first-order valence-corrected chi connectivity index (χ1v) is 12.5. The van der Waals surface area contributed by atoms with E-state index in [1.807, 2.05) is 54.6 Å². The highest BCUT2D eigenvalue weighted by atomic mass is 32.1. The van der Waals surface area contributed by atoms with Gasteiger partial charge in [-0.05, 0) is 24.1 Å². The van der Waals surface area contributed by atoms with Gasteiger partial charge in [-0.15, -0.1) is 10.2 Å². The van der Waals surface area contributed by atoms with E-state index in [1.54, 1.807) is 7.11 Å². The lowest BCUT2D eigenvalue weighted by Crippen LogP contribution is -2.45. The lowest BCUT2D eigenvalue weighted by Gasteiger charge is -2.18. The smallest absolute Gasteiger partial charge is 0.249 e. The fourth-order valence-electron chi connectivity index (χ4n) is 3.55. The molecule has 0 aliphatic heterocycles. The van der Waals surface area contributed by atoms with Crippen LogP contribution >= 0.6 is 11.3 Å². The topological polar surface area (TPSA) is 93.2 Å². The molecule has 34 heavy (non-hydrogen) atoms. The second kappa shape index (κ2) is 13.4. The number of hydrogen-bond donors (Lipinski definition) is 2. The van der Waals surface area contributed by atoms with Crippen LogP contribution in [0.2, 0.25) is 0 Å². The average molecular weight is 481 g/mol. The van der Waals surface area contributed by atoms with E-state index in [4.69, 9.17) is 4.74 Å². The third-order valence-electron chi connectivity index (χ3n) is 5.41. The Balaban J connectivity index is 1.64. The number of methoxy groups -OCH3 is 1. The molecule has 0 bridgehead atoms. The lowest BCUT2D eigenvalue weighted by atomic mass is 10.0. The van der Waals surface area contributed by atoms with E-state index in [2.05, 4.69) is 27.8 Å². The molecular formula is C26H32N4O3S. The zero-order chi connectivity index (χ0) is 24.2. The number of carbonyl (C=O) groups is 2. The maximum atomic E-state index is 13.1. The molecule has 1 aromatic heterocycles. The summed E-state index contributed by atoms with van der Waals surface area (Å²) in [7, 11) is 1.61. The van der Waals surface area contributed by atoms with Gasteiger partial charge in [-0.1, -0.05) is 86.4 Å². The number of carbonyl (C=O) groups excluding carboxylic acids is 2. The van der Waals surface area contributed by atoms with Gasteiger partial charge in [0.2, 0.25) is 16.9 Å². The largest absolute Gasteiger partial charge is 0.497 e. The Morgan fingerprint density at radius 1 is 1.00 bits per heavy atom. The molecule has 1 atom stereocenters. The number of nitrogens with zero attached hydrogens (tertiary/aromatic N) is 2. The molecule has 0 saturated carbocycles. The SMILES string of the molecule is CCCCCCCC(=O)N[C@@H](Cc1ccccc1)C(=O)Nc1nnc(-c2cccc(OC)c2)s1. The zero-order valence-corrected chi connectivity index (χ0v) is 20.6. The first-order chi connectivity index (χ1) is 16.6. The van der Waals surface area contributed by atoms with Gasteiger partial charge in [0.05, 0.1) is 7.11 Å². The third kappa shape index (κ3) is 7.95. The average Bonchev–Trinajstić information content (AvgIpc) is 3.32. The van der Waals surface area contributed by atoms with Crippen molar-refractivity contribution in [2.45, 2.75) is 57.9 Å². The predicted molar refractivity (Wildman–Crippen MR) is 136 cm³/mol. The van der Waals surface area contributed by atoms with Gasteiger partial charge in [0, 0.05) is 18.4 Å². The number of aromatic nitrogens is 2. The second-order valence-electron chi connectivity index (χ2n) is 8.11. The van der Waals surface area contributed by atoms with Crippen LogP contribution in [0.25, 0.3) is 10.6 Å². The van der Waals surface area contributed by atoms with Crippen molar-refractivity contribution in [3.8, 4) is 16.3 Å². The summed E-state index contributed by atoms with van der Waals surface area (Å²) in [6, 6.07) is 16.5. The van der Waals surface area contributed by atoms with E-state index >= 15 is 0 Å². The molecule has 1 heterocycles. The highest BCUT2D eigenvalue weighted by Gasteiger charge is 2.22. The molecule has 3 aromatic rings. The van der Waals surface area contributed by atoms with E-state index < -0.39 is 6.04 Å². The lowest BCUT2D eigenvalue weighted by molar-refractivity contribution is -0.126. The standard InChI is InChI=1S/C26H32N4O3S/c1-3-4-5-6-10-16-23(31)27-22(17-19-12-8-7-9-13-19)24(32)28-26-30-29-25(34-26)20-14-11-15-21(18-20)33-2/h7-9,11-15,18,22H,3-6,10,16-17H2,1-2H3,(H,27,31)(H,28,30,32)/t22-/m0/s1. The summed E-state index contributed by atoms with van der Waals surface area (Å²) in [5.41, 5.74) is 1.83. The van der Waals surface area contributed by atoms with Gasteiger partial charge in [0.1, 0.15) is 16.8 Å². The fraction of sp³-hybridized carbons (Fsp3) is 0.385. The van der Waals surface area contributed by atoms with E-state index in [-0.39, 0.29) is 11.8 Å². The monoisotopic (exact) mass is 480 g/mol. The molecule has 8 heteroatoms. The molecule has 0 aliphatic carbocycles. The summed E-state index contributed by atoms with van der Waals surface area (Å²) in [6.07, 6.45) is 6.14. The maximum absolute atomic E-state index is 13.1. The van der Waals surface area contributed by atoms with Crippen molar-refractivity contribution >= 4 is 28.3 Å². The Kier molecular flexibility index (Phi) is 10.0. The minimum Gasteiger partial charge on any atom is -0.497 e. The Morgan fingerprint density at radius 2 is 1.79 bits per heavy atom. The van der Waals surface area contributed by atoms with E-state index in [1.165, 1.54) is 17.8 Å². The molecule has 0 spiro atoms. The van der Waals surface area contributed by atoms with Gasteiger partial charge in [-0.2, -0.15) is 0 Å². The number of unbranched alkanes of at least 4 members (excludes halogenated alkanes) is 4. The quantitative estimate of drug-likeness (QED) is 0.326. The number of anilines is 1. The molecule has 7 nitrogen and oxygen atoms in total. The molecule has 0 radical (unpaired) electrons. The van der Waals surface area contributed by atoms with Crippen LogP contribution in [-0.4, -0.2) is 35.2 Å². The molecule has 2 N–H and O–H groups in total. The van der Waals surface area contributed by atoms with E-state index in [9.17, 15) is 9.59 Å². The van der Waals surface area contributed by atoms with Crippen molar-refractivity contribution in [1.82, 2.24) is 15.5 Å². The van der Waals surface area contributed by atoms with Gasteiger partial charge in [0.25, 0.3) is 0 Å². The molecule has 3 rings (SSSR count). The maximum Gasteiger partial charge on any atom is 0.249 e. The summed E-state index contributed by atoms with van der Waals surface area (Å²) in [5.74, 6) is 0.303. The molecule has 180 valence electrons. The second-order valence-corrected chi connectivity index (χ2v) is 9.09. The van der Waals surface area contributed by atoms with Crippen molar-refractivity contribution < 1.29 is 14.3 Å². The summed E-state index contributed by atoms with van der Waals surface area (Å²) in [5, 5.41) is 15.1. The van der Waals surface area contributed by atoms with Crippen molar-refractivity contribution in [3.63, 3.8) is 0 Å². The van der Waals surface area contributed by atoms with Gasteiger partial charge in [-0.3, -0.25) is 14.9 Å². The van der Waals surface area contributed by atoms with Crippen molar-refractivity contribution in [3.05, 3.63) is 60.2 Å². The number of rotatable bonds is 13. The van der Waals surface area contributed by atoms with Crippen LogP contribution in [0.4, 0.5) is 5.13 Å². The Bertz CT molecular complexity index is 1050. The first kappa shape index (κ1) is 25.4. The molecule has 0 fully saturated rings. The fourth-order valence-corrected chi connectivity index (χ4v) is 4.30. The van der Waals surface area contributed by atoms with Gasteiger partial charge in [-0.25, -0.2) is 0 Å². The number of amides is 2. The van der Waals surface area contributed by atoms with E-state index in [0.717, 1.165) is 42.6 Å². The molecule has 2 amide bonds. The summed E-state index contributed by atoms with van der Waals surface area (Å²) >= 11 is 1.28. The minimum absolute atomic E-state index is 0.109. The van der Waals surface area contributed by atoms with E-state index in [0.29, 0.717) is 23.0 Å². The number of benzene rings is 2. The number of ether oxygens (including phenoxy) is 1. The van der Waals surface area contributed by atoms with Crippen LogP contribution < -0.4 is 15.4 Å². The van der Waals surface area contributed by atoms with Crippen LogP contribution in [0.1, 0.15) is 51.0 Å². The molecule has 0 saturated heterocycles. The van der Waals surface area contributed by atoms with Gasteiger partial charge < -0.3 is 10.1 Å². The Morgan fingerprint density at radius 3 is 2.56 bits per heavy atom. The Hall–Kier alpha value is -3.26. The van der Waals surface area contributed by atoms with Crippen molar-refractivity contribution in [2.75, 3.05) is 12.4 Å². The number of nitrogens with one attached hydrogen (secondary N) is 2. The van der Waals surface area contributed by atoms with Crippen LogP contribution in [-0.2, 0) is 16.0 Å².